The van der Waals surface area contributed by atoms with Gasteiger partial charge in [-0.1, -0.05) is 6.07 Å². The first-order valence-electron chi connectivity index (χ1n) is 7.44. The molecule has 0 atom stereocenters. The summed E-state index contributed by atoms with van der Waals surface area (Å²) in [4.78, 5) is 11.2. The third kappa shape index (κ3) is 2.96. The Hall–Kier alpha value is -2.66. The van der Waals surface area contributed by atoms with E-state index in [1.807, 2.05) is 47.2 Å². The van der Waals surface area contributed by atoms with E-state index in [9.17, 15) is 9.90 Å². The van der Waals surface area contributed by atoms with Crippen LogP contribution in [0.3, 0.4) is 0 Å². The summed E-state index contributed by atoms with van der Waals surface area (Å²) < 4.78 is 7.27. The molecule has 0 spiro atoms. The normalized spacial score (nSPS) is 11.0. The smallest absolute Gasteiger partial charge is 0.221 e. The maximum absolute atomic E-state index is 11.2. The number of fused-ring (bicyclic) bond motifs is 3. The van der Waals surface area contributed by atoms with Crippen molar-refractivity contribution in [3.8, 4) is 5.75 Å². The first kappa shape index (κ1) is 15.2. The van der Waals surface area contributed by atoms with Crippen molar-refractivity contribution in [3.63, 3.8) is 0 Å². The number of benzene rings is 2. The Morgan fingerprint density at radius 1 is 1.22 bits per heavy atom. The molecule has 0 aliphatic heterocycles. The predicted molar refractivity (Wildman–Crippen MR) is 88.2 cm³/mol. The van der Waals surface area contributed by atoms with Gasteiger partial charge in [0, 0.05) is 11.5 Å². The maximum Gasteiger partial charge on any atom is 0.221 e. The lowest BCUT2D eigenvalue weighted by molar-refractivity contribution is -0.671. The highest BCUT2D eigenvalue weighted by atomic mass is 16.5. The van der Waals surface area contributed by atoms with Crippen molar-refractivity contribution >= 4 is 27.6 Å². The summed E-state index contributed by atoms with van der Waals surface area (Å²) in [5, 5.41) is 12.5. The summed E-state index contributed by atoms with van der Waals surface area (Å²) in [6.07, 6.45) is 2.19. The Kier molecular flexibility index (Phi) is 4.12. The van der Waals surface area contributed by atoms with Gasteiger partial charge in [0.15, 0.2) is 12.7 Å². The van der Waals surface area contributed by atoms with Crippen molar-refractivity contribution in [2.24, 2.45) is 5.73 Å². The van der Waals surface area contributed by atoms with Crippen molar-refractivity contribution in [2.45, 2.75) is 13.0 Å². The van der Waals surface area contributed by atoms with E-state index < -0.39 is 0 Å². The highest BCUT2D eigenvalue weighted by molar-refractivity contribution is 6.04. The molecule has 0 radical (unpaired) electrons. The average Bonchev–Trinajstić information content (AvgIpc) is 2.54. The number of rotatable bonds is 5. The van der Waals surface area contributed by atoms with E-state index >= 15 is 0 Å². The Bertz CT molecular complexity index is 890. The molecule has 23 heavy (non-hydrogen) atoms. The minimum atomic E-state index is -0.358. The third-order valence-corrected chi connectivity index (χ3v) is 3.93. The molecule has 118 valence electrons. The van der Waals surface area contributed by atoms with Crippen LogP contribution in [0.2, 0.25) is 0 Å². The zero-order valence-electron chi connectivity index (χ0n) is 13.0. The SMILES string of the molecule is COc1ccc2c(c1)c[n+](CCO)c1cc(CC(N)=O)ccc21. The number of aliphatic hydroxyl groups excluding tert-OH is 1. The number of nitrogens with zero attached hydrogens (tertiary/aromatic N) is 1. The lowest BCUT2D eigenvalue weighted by Gasteiger charge is -2.08. The fourth-order valence-corrected chi connectivity index (χ4v) is 2.90. The molecule has 2 aromatic carbocycles. The number of nitrogens with two attached hydrogens (primary N) is 1. The molecule has 0 unspecified atom stereocenters. The van der Waals surface area contributed by atoms with Crippen LogP contribution in [0.4, 0.5) is 0 Å². The molecule has 0 saturated carbocycles. The zero-order valence-corrected chi connectivity index (χ0v) is 13.0. The summed E-state index contributed by atoms with van der Waals surface area (Å²) in [5.41, 5.74) is 7.12. The summed E-state index contributed by atoms with van der Waals surface area (Å²) in [7, 11) is 1.64. The minimum absolute atomic E-state index is 0.0370. The molecule has 0 aliphatic rings. The molecular formula is C18H19N2O3+. The molecule has 1 amide bonds. The van der Waals surface area contributed by atoms with Crippen molar-refractivity contribution < 1.29 is 19.2 Å². The van der Waals surface area contributed by atoms with E-state index in [2.05, 4.69) is 0 Å². The number of carbonyl (C=O) groups is 1. The first-order chi connectivity index (χ1) is 11.1. The quantitative estimate of drug-likeness (QED) is 0.551. The number of amides is 1. The van der Waals surface area contributed by atoms with Crippen LogP contribution >= 0.6 is 0 Å². The number of pyridine rings is 1. The number of aliphatic hydroxyl groups is 1. The van der Waals surface area contributed by atoms with Crippen LogP contribution in [-0.4, -0.2) is 24.7 Å². The van der Waals surface area contributed by atoms with Crippen LogP contribution in [0.15, 0.2) is 42.6 Å². The van der Waals surface area contributed by atoms with Gasteiger partial charge in [0.25, 0.3) is 0 Å². The Morgan fingerprint density at radius 3 is 2.70 bits per heavy atom. The fraction of sp³-hybridized carbons (Fsp3) is 0.222. The monoisotopic (exact) mass is 311 g/mol. The molecule has 0 bridgehead atoms. The van der Waals surface area contributed by atoms with E-state index in [1.165, 1.54) is 0 Å². The van der Waals surface area contributed by atoms with Crippen LogP contribution in [0.5, 0.6) is 5.75 Å². The first-order valence-corrected chi connectivity index (χ1v) is 7.44. The molecule has 5 nitrogen and oxygen atoms in total. The fourth-order valence-electron chi connectivity index (χ4n) is 2.90. The van der Waals surface area contributed by atoms with Gasteiger partial charge in [0.05, 0.1) is 24.3 Å². The Morgan fingerprint density at radius 2 is 2.00 bits per heavy atom. The van der Waals surface area contributed by atoms with Crippen molar-refractivity contribution in [1.82, 2.24) is 0 Å². The molecule has 0 aliphatic carbocycles. The molecule has 3 rings (SSSR count). The molecule has 0 fully saturated rings. The predicted octanol–water partition coefficient (Wildman–Crippen LogP) is 1.31. The molecule has 3 N–H and O–H groups in total. The molecule has 5 heteroatoms. The van der Waals surface area contributed by atoms with Crippen LogP contribution in [0.1, 0.15) is 5.56 Å². The van der Waals surface area contributed by atoms with Gasteiger partial charge in [-0.25, -0.2) is 0 Å². The van der Waals surface area contributed by atoms with E-state index in [1.54, 1.807) is 7.11 Å². The number of aromatic nitrogens is 1. The largest absolute Gasteiger partial charge is 0.497 e. The van der Waals surface area contributed by atoms with E-state index in [4.69, 9.17) is 10.5 Å². The molecule has 3 aromatic rings. The van der Waals surface area contributed by atoms with Crippen LogP contribution < -0.4 is 15.0 Å². The summed E-state index contributed by atoms with van der Waals surface area (Å²) in [5.74, 6) is 0.432. The van der Waals surface area contributed by atoms with Crippen LogP contribution in [-0.2, 0) is 17.8 Å². The molecule has 1 heterocycles. The van der Waals surface area contributed by atoms with Gasteiger partial charge >= 0.3 is 0 Å². The number of methoxy groups -OCH3 is 1. The highest BCUT2D eigenvalue weighted by Gasteiger charge is 2.15. The van der Waals surface area contributed by atoms with Crippen LogP contribution in [0, 0.1) is 0 Å². The average molecular weight is 311 g/mol. The van der Waals surface area contributed by atoms with Gasteiger partial charge in [0.1, 0.15) is 12.4 Å². The van der Waals surface area contributed by atoms with Gasteiger partial charge in [-0.3, -0.25) is 4.79 Å². The molecule has 1 aromatic heterocycles. The second kappa shape index (κ2) is 6.22. The summed E-state index contributed by atoms with van der Waals surface area (Å²) >= 11 is 0. The third-order valence-electron chi connectivity index (χ3n) is 3.93. The van der Waals surface area contributed by atoms with Crippen molar-refractivity contribution in [3.05, 3.63) is 48.2 Å². The second-order valence-electron chi connectivity index (χ2n) is 5.49. The summed E-state index contributed by atoms with van der Waals surface area (Å²) in [6, 6.07) is 11.8. The van der Waals surface area contributed by atoms with Gasteiger partial charge in [0.2, 0.25) is 11.4 Å². The lowest BCUT2D eigenvalue weighted by atomic mass is 10.0. The Labute approximate surface area is 133 Å². The van der Waals surface area contributed by atoms with E-state index in [0.29, 0.717) is 6.54 Å². The van der Waals surface area contributed by atoms with Crippen molar-refractivity contribution in [1.29, 1.82) is 0 Å². The number of hydrogen-bond acceptors (Lipinski definition) is 3. The zero-order chi connectivity index (χ0) is 16.4. The van der Waals surface area contributed by atoms with Gasteiger partial charge in [-0.15, -0.1) is 0 Å². The minimum Gasteiger partial charge on any atom is -0.497 e. The highest BCUT2D eigenvalue weighted by Crippen LogP contribution is 2.26. The Balaban J connectivity index is 2.28. The van der Waals surface area contributed by atoms with E-state index in [0.717, 1.165) is 33.0 Å². The van der Waals surface area contributed by atoms with Crippen LogP contribution in [0.25, 0.3) is 21.7 Å². The second-order valence-corrected chi connectivity index (χ2v) is 5.49. The van der Waals surface area contributed by atoms with Gasteiger partial charge in [-0.2, -0.15) is 4.57 Å². The maximum atomic E-state index is 11.2. The topological polar surface area (TPSA) is 76.4 Å². The van der Waals surface area contributed by atoms with E-state index in [-0.39, 0.29) is 18.9 Å². The molecule has 0 saturated heterocycles. The van der Waals surface area contributed by atoms with Gasteiger partial charge < -0.3 is 15.6 Å². The molecular weight excluding hydrogens is 292 g/mol. The number of carbonyl (C=O) groups excluding carboxylic acids is 1. The van der Waals surface area contributed by atoms with Crippen molar-refractivity contribution in [2.75, 3.05) is 13.7 Å². The standard InChI is InChI=1S/C18H18N2O3/c1-23-14-3-5-15-13(10-14)11-20(6-7-21)17-8-12(9-18(19)22)2-4-16(15)17/h2-5,8,10-11,21H,6-7,9H2,1H3,(H-,19,22)/p+1. The number of primary amides is 1. The number of hydrogen-bond donors (Lipinski definition) is 2. The summed E-state index contributed by atoms with van der Waals surface area (Å²) in [6.45, 7) is 0.513. The lowest BCUT2D eigenvalue weighted by Crippen LogP contribution is -2.36. The number of ether oxygens (including phenoxy) is 1. The van der Waals surface area contributed by atoms with Gasteiger partial charge in [-0.05, 0) is 29.8 Å².